The van der Waals surface area contributed by atoms with E-state index in [2.05, 4.69) is 6.92 Å². The lowest BCUT2D eigenvalue weighted by molar-refractivity contribution is 0.336. The summed E-state index contributed by atoms with van der Waals surface area (Å²) in [6, 6.07) is 4.60. The molecule has 7 heteroatoms. The minimum atomic E-state index is -3.56. The summed E-state index contributed by atoms with van der Waals surface area (Å²) in [4.78, 5) is 0.181. The molecule has 0 aliphatic carbocycles. The van der Waals surface area contributed by atoms with Crippen LogP contribution in [0.1, 0.15) is 13.8 Å². The van der Waals surface area contributed by atoms with Crippen molar-refractivity contribution in [2.24, 2.45) is 0 Å². The van der Waals surface area contributed by atoms with Crippen LogP contribution in [-0.2, 0) is 10.0 Å². The largest absolute Gasteiger partial charge is 0.495 e. The van der Waals surface area contributed by atoms with E-state index in [0.29, 0.717) is 18.0 Å². The quantitative estimate of drug-likeness (QED) is 0.861. The monoisotopic (exact) mass is 316 g/mol. The standard InChI is InChI=1S/C13H20N2O3S2/c1-9-10(2)19-7-6-15(9)20(16,17)13-5-4-11(14)8-12(13)18-3/h4-5,8-10H,6-7,14H2,1-3H3. The fourth-order valence-corrected chi connectivity index (χ4v) is 5.40. The van der Waals surface area contributed by atoms with E-state index in [1.807, 2.05) is 6.92 Å². The summed E-state index contributed by atoms with van der Waals surface area (Å²) in [5.74, 6) is 1.10. The molecule has 0 radical (unpaired) electrons. The molecule has 1 heterocycles. The smallest absolute Gasteiger partial charge is 0.247 e. The molecule has 112 valence electrons. The van der Waals surface area contributed by atoms with Gasteiger partial charge in [0.05, 0.1) is 7.11 Å². The molecule has 0 spiro atoms. The summed E-state index contributed by atoms with van der Waals surface area (Å²) >= 11 is 1.80. The number of hydrogen-bond acceptors (Lipinski definition) is 5. The number of ether oxygens (including phenoxy) is 1. The molecule has 0 amide bonds. The topological polar surface area (TPSA) is 72.6 Å². The third-order valence-corrected chi connectivity index (χ3v) is 6.96. The van der Waals surface area contributed by atoms with E-state index in [1.54, 1.807) is 28.2 Å². The van der Waals surface area contributed by atoms with E-state index in [-0.39, 0.29) is 16.2 Å². The molecule has 1 aromatic carbocycles. The van der Waals surface area contributed by atoms with Crippen molar-refractivity contribution in [2.75, 3.05) is 25.1 Å². The number of hydrogen-bond donors (Lipinski definition) is 1. The minimum absolute atomic E-state index is 0.0407. The molecule has 5 nitrogen and oxygen atoms in total. The number of benzene rings is 1. The predicted molar refractivity (Wildman–Crippen MR) is 82.7 cm³/mol. The number of thioether (sulfide) groups is 1. The van der Waals surface area contributed by atoms with Crippen molar-refractivity contribution in [3.05, 3.63) is 18.2 Å². The number of nitrogens with zero attached hydrogens (tertiary/aromatic N) is 1. The van der Waals surface area contributed by atoms with Gasteiger partial charge < -0.3 is 10.5 Å². The molecule has 0 saturated carbocycles. The van der Waals surface area contributed by atoms with Gasteiger partial charge in [-0.2, -0.15) is 16.1 Å². The van der Waals surface area contributed by atoms with Gasteiger partial charge >= 0.3 is 0 Å². The van der Waals surface area contributed by atoms with Gasteiger partial charge in [0, 0.05) is 35.3 Å². The second-order valence-electron chi connectivity index (χ2n) is 4.84. The van der Waals surface area contributed by atoms with Crippen LogP contribution in [-0.4, -0.2) is 43.4 Å². The minimum Gasteiger partial charge on any atom is -0.495 e. The molecule has 2 N–H and O–H groups in total. The lowest BCUT2D eigenvalue weighted by atomic mass is 10.2. The Balaban J connectivity index is 2.44. The molecule has 2 unspecified atom stereocenters. The first kappa shape index (κ1) is 15.5. The zero-order valence-electron chi connectivity index (χ0n) is 11.9. The third kappa shape index (κ3) is 2.75. The summed E-state index contributed by atoms with van der Waals surface area (Å²) in [6.45, 7) is 4.52. The average molecular weight is 316 g/mol. The molecular weight excluding hydrogens is 296 g/mol. The fraction of sp³-hybridized carbons (Fsp3) is 0.538. The van der Waals surface area contributed by atoms with Gasteiger partial charge in [-0.1, -0.05) is 6.92 Å². The molecule has 20 heavy (non-hydrogen) atoms. The van der Waals surface area contributed by atoms with Crippen LogP contribution in [0.25, 0.3) is 0 Å². The van der Waals surface area contributed by atoms with Gasteiger partial charge in [-0.3, -0.25) is 0 Å². The second kappa shape index (κ2) is 5.83. The van der Waals surface area contributed by atoms with Gasteiger partial charge in [0.2, 0.25) is 10.0 Å². The summed E-state index contributed by atoms with van der Waals surface area (Å²) in [5.41, 5.74) is 6.17. The zero-order valence-corrected chi connectivity index (χ0v) is 13.5. The lowest BCUT2D eigenvalue weighted by Gasteiger charge is -2.36. The Morgan fingerprint density at radius 2 is 2.10 bits per heavy atom. The van der Waals surface area contributed by atoms with Crippen molar-refractivity contribution in [2.45, 2.75) is 30.0 Å². The lowest BCUT2D eigenvalue weighted by Crippen LogP contribution is -2.47. The van der Waals surface area contributed by atoms with Crippen LogP contribution in [0.4, 0.5) is 5.69 Å². The highest BCUT2D eigenvalue weighted by Gasteiger charge is 2.36. The second-order valence-corrected chi connectivity index (χ2v) is 8.19. The van der Waals surface area contributed by atoms with E-state index in [1.165, 1.54) is 13.2 Å². The van der Waals surface area contributed by atoms with Gasteiger partial charge in [0.25, 0.3) is 0 Å². The Morgan fingerprint density at radius 3 is 2.75 bits per heavy atom. The first-order valence-corrected chi connectivity index (χ1v) is 8.93. The Bertz CT molecular complexity index is 589. The van der Waals surface area contributed by atoms with Crippen molar-refractivity contribution in [3.8, 4) is 5.75 Å². The van der Waals surface area contributed by atoms with Crippen molar-refractivity contribution in [3.63, 3.8) is 0 Å². The van der Waals surface area contributed by atoms with Crippen molar-refractivity contribution >= 4 is 27.5 Å². The first-order chi connectivity index (χ1) is 9.37. The molecule has 2 rings (SSSR count). The summed E-state index contributed by atoms with van der Waals surface area (Å²) in [7, 11) is -2.11. The molecule has 1 aliphatic rings. The fourth-order valence-electron chi connectivity index (χ4n) is 2.27. The summed E-state index contributed by atoms with van der Waals surface area (Å²) in [6.07, 6.45) is 0. The van der Waals surface area contributed by atoms with E-state index >= 15 is 0 Å². The van der Waals surface area contributed by atoms with Crippen LogP contribution in [0.2, 0.25) is 0 Å². The van der Waals surface area contributed by atoms with Crippen LogP contribution in [0.3, 0.4) is 0 Å². The van der Waals surface area contributed by atoms with Crippen LogP contribution >= 0.6 is 11.8 Å². The first-order valence-electron chi connectivity index (χ1n) is 6.45. The number of methoxy groups -OCH3 is 1. The van der Waals surface area contributed by atoms with Crippen molar-refractivity contribution in [1.82, 2.24) is 4.31 Å². The Labute approximate surface area is 124 Å². The Hall–Kier alpha value is -0.920. The molecule has 2 atom stereocenters. The van der Waals surface area contributed by atoms with Gasteiger partial charge in [0.1, 0.15) is 10.6 Å². The Kier molecular flexibility index (Phi) is 4.51. The highest BCUT2D eigenvalue weighted by molar-refractivity contribution is 8.00. The van der Waals surface area contributed by atoms with Gasteiger partial charge in [-0.25, -0.2) is 8.42 Å². The number of nitrogens with two attached hydrogens (primary N) is 1. The van der Waals surface area contributed by atoms with Crippen molar-refractivity contribution in [1.29, 1.82) is 0 Å². The summed E-state index contributed by atoms with van der Waals surface area (Å²) < 4.78 is 32.4. The van der Waals surface area contributed by atoms with Gasteiger partial charge in [0.15, 0.2) is 0 Å². The summed E-state index contributed by atoms with van der Waals surface area (Å²) in [5, 5.41) is 0.276. The number of rotatable bonds is 3. The van der Waals surface area contributed by atoms with E-state index in [4.69, 9.17) is 10.5 Å². The molecule has 1 aliphatic heterocycles. The van der Waals surface area contributed by atoms with Crippen LogP contribution in [0.15, 0.2) is 23.1 Å². The predicted octanol–water partition coefficient (Wildman–Crippen LogP) is 1.79. The molecule has 1 fully saturated rings. The highest BCUT2D eigenvalue weighted by atomic mass is 32.2. The normalized spacial score (nSPS) is 24.6. The average Bonchev–Trinajstić information content (AvgIpc) is 2.41. The van der Waals surface area contributed by atoms with Crippen LogP contribution in [0.5, 0.6) is 5.75 Å². The zero-order chi connectivity index (χ0) is 14.9. The Morgan fingerprint density at radius 1 is 1.40 bits per heavy atom. The van der Waals surface area contributed by atoms with Crippen molar-refractivity contribution < 1.29 is 13.2 Å². The van der Waals surface area contributed by atoms with E-state index < -0.39 is 10.0 Å². The maximum atomic E-state index is 12.8. The van der Waals surface area contributed by atoms with E-state index in [9.17, 15) is 8.42 Å². The molecule has 0 aromatic heterocycles. The van der Waals surface area contributed by atoms with Crippen LogP contribution < -0.4 is 10.5 Å². The molecule has 0 bridgehead atoms. The maximum absolute atomic E-state index is 12.8. The molecule has 1 aromatic rings. The molecule has 1 saturated heterocycles. The van der Waals surface area contributed by atoms with Gasteiger partial charge in [-0.15, -0.1) is 0 Å². The third-order valence-electron chi connectivity index (χ3n) is 3.60. The van der Waals surface area contributed by atoms with E-state index in [0.717, 1.165) is 5.75 Å². The number of sulfonamides is 1. The van der Waals surface area contributed by atoms with Gasteiger partial charge in [-0.05, 0) is 19.1 Å². The SMILES string of the molecule is COc1cc(N)ccc1S(=O)(=O)N1CCSC(C)C1C. The maximum Gasteiger partial charge on any atom is 0.247 e. The number of anilines is 1. The number of nitrogen functional groups attached to an aromatic ring is 1. The van der Waals surface area contributed by atoms with Crippen LogP contribution in [0, 0.1) is 0 Å². The highest BCUT2D eigenvalue weighted by Crippen LogP contribution is 2.33. The molecular formula is C13H20N2O3S2.